The Labute approximate surface area is 94.6 Å². The summed E-state index contributed by atoms with van der Waals surface area (Å²) in [4.78, 5) is 1.02. The molecular formula is C13H11NS. The van der Waals surface area contributed by atoms with Gasteiger partial charge in [-0.05, 0) is 35.4 Å². The number of anilines is 2. The predicted molar refractivity (Wildman–Crippen MR) is 66.2 cm³/mol. The van der Waals surface area contributed by atoms with Gasteiger partial charge in [0.2, 0.25) is 0 Å². The number of hydrogen-bond acceptors (Lipinski definition) is 2. The Kier molecular flexibility index (Phi) is 1.96. The molecule has 0 saturated carbocycles. The summed E-state index contributed by atoms with van der Waals surface area (Å²) in [5.74, 6) is 0. The summed E-state index contributed by atoms with van der Waals surface area (Å²) in [6, 6.07) is 14.7. The normalized spacial score (nSPS) is 12.6. The smallest absolute Gasteiger partial charge is 0.0421 e. The number of benzene rings is 2. The Hall–Kier alpha value is -1.41. The van der Waals surface area contributed by atoms with Crippen molar-refractivity contribution in [3.8, 4) is 0 Å². The minimum Gasteiger partial charge on any atom is -0.355 e. The Morgan fingerprint density at radius 1 is 0.933 bits per heavy atom. The van der Waals surface area contributed by atoms with Gasteiger partial charge in [0.05, 0.1) is 0 Å². The van der Waals surface area contributed by atoms with Crippen LogP contribution in [0.4, 0.5) is 11.4 Å². The standard InChI is InChI=1S/C13H11NS/c15-11-5-6-13-10(8-11)7-9-3-1-2-4-12(9)14-13/h1-6,8,14-15H,7H2. The molecule has 0 fully saturated rings. The van der Waals surface area contributed by atoms with E-state index in [1.165, 1.54) is 22.5 Å². The van der Waals surface area contributed by atoms with Crippen LogP contribution in [-0.2, 0) is 6.42 Å². The highest BCUT2D eigenvalue weighted by Crippen LogP contribution is 2.33. The maximum atomic E-state index is 4.36. The molecule has 2 aromatic rings. The molecule has 1 N–H and O–H groups in total. The quantitative estimate of drug-likeness (QED) is 0.543. The molecule has 0 aliphatic carbocycles. The Morgan fingerprint density at radius 3 is 2.67 bits per heavy atom. The number of nitrogens with one attached hydrogen (secondary N) is 1. The lowest BCUT2D eigenvalue weighted by Gasteiger charge is -2.21. The first-order chi connectivity index (χ1) is 7.33. The van der Waals surface area contributed by atoms with Crippen LogP contribution in [0.1, 0.15) is 11.1 Å². The molecule has 0 radical (unpaired) electrons. The second kappa shape index (κ2) is 3.31. The van der Waals surface area contributed by atoms with Crippen LogP contribution >= 0.6 is 12.6 Å². The van der Waals surface area contributed by atoms with Crippen molar-refractivity contribution in [2.75, 3.05) is 5.32 Å². The van der Waals surface area contributed by atoms with E-state index in [9.17, 15) is 0 Å². The summed E-state index contributed by atoms with van der Waals surface area (Å²) in [6.45, 7) is 0. The summed E-state index contributed by atoms with van der Waals surface area (Å²) in [5.41, 5.74) is 5.09. The highest BCUT2D eigenvalue weighted by atomic mass is 32.1. The lowest BCUT2D eigenvalue weighted by molar-refractivity contribution is 1.14. The molecule has 2 aromatic carbocycles. The van der Waals surface area contributed by atoms with Crippen molar-refractivity contribution in [2.45, 2.75) is 11.3 Å². The van der Waals surface area contributed by atoms with Gasteiger partial charge in [-0.2, -0.15) is 0 Å². The van der Waals surface area contributed by atoms with Gasteiger partial charge in [0, 0.05) is 22.7 Å². The van der Waals surface area contributed by atoms with Crippen molar-refractivity contribution >= 4 is 24.0 Å². The molecule has 15 heavy (non-hydrogen) atoms. The molecule has 0 bridgehead atoms. The van der Waals surface area contributed by atoms with Crippen LogP contribution in [0.5, 0.6) is 0 Å². The second-order valence-electron chi connectivity index (χ2n) is 3.80. The second-order valence-corrected chi connectivity index (χ2v) is 4.32. The van der Waals surface area contributed by atoms with Crippen LogP contribution < -0.4 is 5.32 Å². The zero-order chi connectivity index (χ0) is 10.3. The highest BCUT2D eigenvalue weighted by molar-refractivity contribution is 7.80. The van der Waals surface area contributed by atoms with E-state index in [0.29, 0.717) is 0 Å². The van der Waals surface area contributed by atoms with Gasteiger partial charge < -0.3 is 5.32 Å². The fraction of sp³-hybridized carbons (Fsp3) is 0.0769. The van der Waals surface area contributed by atoms with Crippen LogP contribution in [0, 0.1) is 0 Å². The predicted octanol–water partition coefficient (Wildman–Crippen LogP) is 3.62. The summed E-state index contributed by atoms with van der Waals surface area (Å²) < 4.78 is 0. The molecule has 0 aromatic heterocycles. The van der Waals surface area contributed by atoms with Gasteiger partial charge >= 0.3 is 0 Å². The van der Waals surface area contributed by atoms with Gasteiger partial charge in [-0.25, -0.2) is 0 Å². The number of fused-ring (bicyclic) bond motifs is 2. The molecule has 0 atom stereocenters. The van der Waals surface area contributed by atoms with E-state index in [4.69, 9.17) is 0 Å². The van der Waals surface area contributed by atoms with Gasteiger partial charge in [-0.3, -0.25) is 0 Å². The average Bonchev–Trinajstić information content (AvgIpc) is 2.26. The maximum Gasteiger partial charge on any atom is 0.0421 e. The lowest BCUT2D eigenvalue weighted by Crippen LogP contribution is -2.06. The van der Waals surface area contributed by atoms with E-state index in [1.807, 2.05) is 6.07 Å². The van der Waals surface area contributed by atoms with E-state index in [0.717, 1.165) is 11.3 Å². The topological polar surface area (TPSA) is 12.0 Å². The molecule has 2 heteroatoms. The third kappa shape index (κ3) is 1.51. The summed E-state index contributed by atoms with van der Waals surface area (Å²) >= 11 is 4.36. The van der Waals surface area contributed by atoms with Crippen molar-refractivity contribution in [2.24, 2.45) is 0 Å². The Morgan fingerprint density at radius 2 is 1.73 bits per heavy atom. The molecule has 0 saturated heterocycles. The SMILES string of the molecule is Sc1ccc2c(c1)Cc1ccccc1N2. The third-order valence-electron chi connectivity index (χ3n) is 2.76. The van der Waals surface area contributed by atoms with Crippen LogP contribution in [0.3, 0.4) is 0 Å². The number of para-hydroxylation sites is 1. The maximum absolute atomic E-state index is 4.36. The monoisotopic (exact) mass is 213 g/mol. The summed E-state index contributed by atoms with van der Waals surface area (Å²) in [5, 5.41) is 3.43. The molecule has 3 rings (SSSR count). The largest absolute Gasteiger partial charge is 0.355 e. The van der Waals surface area contributed by atoms with Crippen molar-refractivity contribution < 1.29 is 0 Å². The zero-order valence-electron chi connectivity index (χ0n) is 8.20. The Balaban J connectivity index is 2.11. The van der Waals surface area contributed by atoms with E-state index in [-0.39, 0.29) is 0 Å². The van der Waals surface area contributed by atoms with Crippen molar-refractivity contribution in [1.82, 2.24) is 0 Å². The number of rotatable bonds is 0. The zero-order valence-corrected chi connectivity index (χ0v) is 9.09. The van der Waals surface area contributed by atoms with Crippen LogP contribution in [0.15, 0.2) is 47.4 Å². The molecule has 1 nitrogen and oxygen atoms in total. The first kappa shape index (κ1) is 8.86. The third-order valence-corrected chi connectivity index (χ3v) is 3.03. The summed E-state index contributed by atoms with van der Waals surface area (Å²) in [7, 11) is 0. The van der Waals surface area contributed by atoms with Gasteiger partial charge in [-0.15, -0.1) is 12.6 Å². The molecule has 1 aliphatic rings. The van der Waals surface area contributed by atoms with Crippen molar-refractivity contribution in [1.29, 1.82) is 0 Å². The highest BCUT2D eigenvalue weighted by Gasteiger charge is 2.13. The molecule has 1 aliphatic heterocycles. The number of thiol groups is 1. The minimum atomic E-state index is 0.993. The van der Waals surface area contributed by atoms with Crippen molar-refractivity contribution in [3.05, 3.63) is 53.6 Å². The first-order valence-electron chi connectivity index (χ1n) is 5.00. The molecule has 0 spiro atoms. The summed E-state index contributed by atoms with van der Waals surface area (Å²) in [6.07, 6.45) is 0.993. The lowest BCUT2D eigenvalue weighted by atomic mass is 9.97. The van der Waals surface area contributed by atoms with Gasteiger partial charge in [-0.1, -0.05) is 18.2 Å². The van der Waals surface area contributed by atoms with E-state index in [2.05, 4.69) is 54.3 Å². The molecular weight excluding hydrogens is 202 g/mol. The van der Waals surface area contributed by atoms with Crippen LogP contribution in [-0.4, -0.2) is 0 Å². The van der Waals surface area contributed by atoms with E-state index < -0.39 is 0 Å². The molecule has 74 valence electrons. The van der Waals surface area contributed by atoms with Crippen LogP contribution in [0.25, 0.3) is 0 Å². The fourth-order valence-corrected chi connectivity index (χ4v) is 2.23. The average molecular weight is 213 g/mol. The minimum absolute atomic E-state index is 0.993. The first-order valence-corrected chi connectivity index (χ1v) is 5.44. The molecule has 0 unspecified atom stereocenters. The van der Waals surface area contributed by atoms with Gasteiger partial charge in [0.15, 0.2) is 0 Å². The Bertz CT molecular complexity index is 520. The molecule has 1 heterocycles. The van der Waals surface area contributed by atoms with Gasteiger partial charge in [0.25, 0.3) is 0 Å². The van der Waals surface area contributed by atoms with Crippen molar-refractivity contribution in [3.63, 3.8) is 0 Å². The van der Waals surface area contributed by atoms with E-state index in [1.54, 1.807) is 0 Å². The molecule has 0 amide bonds. The fourth-order valence-electron chi connectivity index (χ4n) is 1.99. The van der Waals surface area contributed by atoms with E-state index >= 15 is 0 Å². The van der Waals surface area contributed by atoms with Gasteiger partial charge in [0.1, 0.15) is 0 Å². The van der Waals surface area contributed by atoms with Crippen LogP contribution in [0.2, 0.25) is 0 Å². The number of hydrogen-bond donors (Lipinski definition) is 2.